The lowest BCUT2D eigenvalue weighted by Gasteiger charge is -2.04. The van der Waals surface area contributed by atoms with E-state index in [0.29, 0.717) is 21.5 Å². The van der Waals surface area contributed by atoms with E-state index >= 15 is 0 Å². The van der Waals surface area contributed by atoms with E-state index in [9.17, 15) is 9.59 Å². The number of hydrogen-bond acceptors (Lipinski definition) is 4. The van der Waals surface area contributed by atoms with E-state index in [4.69, 9.17) is 23.2 Å². The fraction of sp³-hybridized carbons (Fsp3) is 0.111. The molecule has 134 valence electrons. The minimum Gasteiger partial charge on any atom is -0.262 e. The monoisotopic (exact) mass is 390 g/mol. The Hall–Kier alpha value is -2.70. The van der Waals surface area contributed by atoms with Gasteiger partial charge in [-0.25, -0.2) is 10.9 Å². The maximum Gasteiger partial charge on any atom is 0.331 e. The van der Waals surface area contributed by atoms with Crippen LogP contribution in [0.5, 0.6) is 0 Å². The third kappa shape index (κ3) is 5.68. The summed E-state index contributed by atoms with van der Waals surface area (Å²) in [6, 6.07) is 14.0. The average molecular weight is 391 g/mol. The molecule has 2 aromatic carbocycles. The Labute approximate surface area is 160 Å². The summed E-state index contributed by atoms with van der Waals surface area (Å²) >= 11 is 11.8. The molecule has 0 saturated heterocycles. The lowest BCUT2D eigenvalue weighted by atomic mass is 10.1. The van der Waals surface area contributed by atoms with Gasteiger partial charge in [-0.3, -0.25) is 9.59 Å². The summed E-state index contributed by atoms with van der Waals surface area (Å²) in [5.74, 6) is -1.87. The molecule has 0 spiro atoms. The normalized spacial score (nSPS) is 11.8. The topological polar surface area (TPSA) is 82.9 Å². The Morgan fingerprint density at radius 1 is 0.769 bits per heavy atom. The van der Waals surface area contributed by atoms with Gasteiger partial charge < -0.3 is 0 Å². The first-order valence-corrected chi connectivity index (χ1v) is 8.33. The molecule has 0 aliphatic heterocycles. The predicted octanol–water partition coefficient (Wildman–Crippen LogP) is 3.37. The third-order valence-electron chi connectivity index (χ3n) is 3.34. The smallest absolute Gasteiger partial charge is 0.262 e. The maximum atomic E-state index is 11.8. The number of carbonyl (C=O) groups is 2. The number of hydrazone groups is 2. The van der Waals surface area contributed by atoms with E-state index in [2.05, 4.69) is 21.1 Å². The molecule has 0 saturated carbocycles. The molecule has 0 aliphatic carbocycles. The number of amides is 2. The number of benzene rings is 2. The standard InChI is InChI=1S/C18H16Cl2N4O2/c1-11(13-5-3-7-15(19)9-13)21-23-17(25)18(26)24-22-12(2)14-6-4-8-16(20)10-14/h3-10H,1-2H3,(H,23,25)(H,24,26)/b21-11-,22-12-. The molecule has 2 amide bonds. The summed E-state index contributed by atoms with van der Waals surface area (Å²) in [5.41, 5.74) is 6.83. The van der Waals surface area contributed by atoms with Crippen molar-refractivity contribution < 1.29 is 9.59 Å². The summed E-state index contributed by atoms with van der Waals surface area (Å²) < 4.78 is 0. The van der Waals surface area contributed by atoms with Gasteiger partial charge in [0.05, 0.1) is 11.4 Å². The maximum absolute atomic E-state index is 11.8. The van der Waals surface area contributed by atoms with E-state index in [1.165, 1.54) is 0 Å². The quantitative estimate of drug-likeness (QED) is 0.476. The van der Waals surface area contributed by atoms with Crippen LogP contribution in [0.4, 0.5) is 0 Å². The van der Waals surface area contributed by atoms with Gasteiger partial charge in [0, 0.05) is 10.0 Å². The van der Waals surface area contributed by atoms with Crippen molar-refractivity contribution >= 4 is 46.4 Å². The van der Waals surface area contributed by atoms with Crippen molar-refractivity contribution in [2.45, 2.75) is 13.8 Å². The molecule has 8 heteroatoms. The summed E-state index contributed by atoms with van der Waals surface area (Å²) in [6.07, 6.45) is 0. The van der Waals surface area contributed by atoms with Crippen LogP contribution in [0.15, 0.2) is 58.7 Å². The zero-order valence-corrected chi connectivity index (χ0v) is 15.6. The Morgan fingerprint density at radius 2 is 1.15 bits per heavy atom. The van der Waals surface area contributed by atoms with Gasteiger partial charge >= 0.3 is 11.8 Å². The van der Waals surface area contributed by atoms with Gasteiger partial charge in [0.15, 0.2) is 0 Å². The Morgan fingerprint density at radius 3 is 1.50 bits per heavy atom. The van der Waals surface area contributed by atoms with Gasteiger partial charge in [-0.1, -0.05) is 47.5 Å². The summed E-state index contributed by atoms with van der Waals surface area (Å²) in [6.45, 7) is 3.37. The van der Waals surface area contributed by atoms with Gasteiger partial charge in [0.1, 0.15) is 0 Å². The first-order chi connectivity index (χ1) is 12.4. The van der Waals surface area contributed by atoms with Gasteiger partial charge in [-0.05, 0) is 49.2 Å². The Kier molecular flexibility index (Phi) is 6.89. The van der Waals surface area contributed by atoms with Gasteiger partial charge in [0.2, 0.25) is 0 Å². The molecule has 0 aliphatic rings. The molecule has 0 atom stereocenters. The summed E-state index contributed by atoms with van der Waals surface area (Å²) in [5, 5.41) is 8.87. The molecule has 0 unspecified atom stereocenters. The van der Waals surface area contributed by atoms with Crippen molar-refractivity contribution in [1.29, 1.82) is 0 Å². The van der Waals surface area contributed by atoms with Crippen LogP contribution in [0.25, 0.3) is 0 Å². The van der Waals surface area contributed by atoms with Crippen LogP contribution in [-0.4, -0.2) is 23.2 Å². The average Bonchev–Trinajstić information content (AvgIpc) is 2.63. The van der Waals surface area contributed by atoms with Crippen LogP contribution >= 0.6 is 23.2 Å². The second kappa shape index (κ2) is 9.12. The SMILES string of the molecule is C/C(=N/NC(=O)C(=O)N/N=C(/C)c1cccc(Cl)c1)c1cccc(Cl)c1. The second-order valence-electron chi connectivity index (χ2n) is 5.30. The molecule has 0 aromatic heterocycles. The first kappa shape index (κ1) is 19.6. The molecular formula is C18H16Cl2N4O2. The fourth-order valence-corrected chi connectivity index (χ4v) is 2.31. The predicted molar refractivity (Wildman–Crippen MR) is 104 cm³/mol. The lowest BCUT2D eigenvalue weighted by molar-refractivity contribution is -0.139. The highest BCUT2D eigenvalue weighted by Gasteiger charge is 2.12. The fourth-order valence-electron chi connectivity index (χ4n) is 1.93. The molecule has 0 heterocycles. The van der Waals surface area contributed by atoms with Crippen LogP contribution in [0.3, 0.4) is 0 Å². The van der Waals surface area contributed by atoms with Crippen LogP contribution in [0.2, 0.25) is 10.0 Å². The van der Waals surface area contributed by atoms with E-state index in [1.54, 1.807) is 62.4 Å². The number of hydrogen-bond donors (Lipinski definition) is 2. The van der Waals surface area contributed by atoms with Crippen molar-refractivity contribution in [1.82, 2.24) is 10.9 Å². The number of carbonyl (C=O) groups excluding carboxylic acids is 2. The van der Waals surface area contributed by atoms with Crippen molar-refractivity contribution in [2.24, 2.45) is 10.2 Å². The van der Waals surface area contributed by atoms with Crippen molar-refractivity contribution in [3.8, 4) is 0 Å². The van der Waals surface area contributed by atoms with E-state index < -0.39 is 11.8 Å². The number of nitrogens with one attached hydrogen (secondary N) is 2. The molecule has 0 bridgehead atoms. The zero-order valence-electron chi connectivity index (χ0n) is 14.1. The molecule has 6 nitrogen and oxygen atoms in total. The Bertz CT molecular complexity index is 821. The molecule has 0 radical (unpaired) electrons. The van der Waals surface area contributed by atoms with Crippen molar-refractivity contribution in [2.75, 3.05) is 0 Å². The number of rotatable bonds is 4. The van der Waals surface area contributed by atoms with Crippen molar-refractivity contribution in [3.63, 3.8) is 0 Å². The van der Waals surface area contributed by atoms with Crippen LogP contribution in [0.1, 0.15) is 25.0 Å². The molecular weight excluding hydrogens is 375 g/mol. The Balaban J connectivity index is 1.96. The lowest BCUT2D eigenvalue weighted by Crippen LogP contribution is -2.36. The summed E-state index contributed by atoms with van der Waals surface area (Å²) in [4.78, 5) is 23.6. The van der Waals surface area contributed by atoms with Gasteiger partial charge in [0.25, 0.3) is 0 Å². The second-order valence-corrected chi connectivity index (χ2v) is 6.17. The highest BCUT2D eigenvalue weighted by Crippen LogP contribution is 2.12. The highest BCUT2D eigenvalue weighted by molar-refractivity contribution is 6.35. The van der Waals surface area contributed by atoms with Gasteiger partial charge in [-0.15, -0.1) is 0 Å². The number of halogens is 2. The van der Waals surface area contributed by atoms with E-state index in [-0.39, 0.29) is 0 Å². The minimum absolute atomic E-state index is 0.507. The molecule has 2 aromatic rings. The van der Waals surface area contributed by atoms with Crippen LogP contribution < -0.4 is 10.9 Å². The van der Waals surface area contributed by atoms with Crippen molar-refractivity contribution in [3.05, 3.63) is 69.7 Å². The largest absolute Gasteiger partial charge is 0.331 e. The molecule has 0 fully saturated rings. The van der Waals surface area contributed by atoms with E-state index in [1.807, 2.05) is 0 Å². The molecule has 2 N–H and O–H groups in total. The highest BCUT2D eigenvalue weighted by atomic mass is 35.5. The number of nitrogens with zero attached hydrogens (tertiary/aromatic N) is 2. The first-order valence-electron chi connectivity index (χ1n) is 7.57. The molecule has 2 rings (SSSR count). The molecule has 26 heavy (non-hydrogen) atoms. The summed E-state index contributed by atoms with van der Waals surface area (Å²) in [7, 11) is 0. The van der Waals surface area contributed by atoms with E-state index in [0.717, 1.165) is 11.1 Å². The third-order valence-corrected chi connectivity index (χ3v) is 3.81. The minimum atomic E-state index is -0.936. The van der Waals surface area contributed by atoms with Gasteiger partial charge in [-0.2, -0.15) is 10.2 Å². The van der Waals surface area contributed by atoms with Crippen LogP contribution in [0, 0.1) is 0 Å². The van der Waals surface area contributed by atoms with Crippen LogP contribution in [-0.2, 0) is 9.59 Å². The zero-order chi connectivity index (χ0) is 19.1.